The molecule has 0 spiro atoms. The number of nitro benzene ring substituents is 1. The van der Waals surface area contributed by atoms with Crippen molar-refractivity contribution in [3.8, 4) is 0 Å². The fraction of sp³-hybridized carbons (Fsp3) is 0.381. The Kier molecular flexibility index (Phi) is 6.71. The lowest BCUT2D eigenvalue weighted by Crippen LogP contribution is -2.51. The first-order chi connectivity index (χ1) is 13.8. The summed E-state index contributed by atoms with van der Waals surface area (Å²) in [5, 5.41) is 11.7. The van der Waals surface area contributed by atoms with Crippen molar-refractivity contribution in [1.29, 1.82) is 0 Å². The van der Waals surface area contributed by atoms with Crippen LogP contribution >= 0.6 is 11.6 Å². The molecule has 7 nitrogen and oxygen atoms in total. The minimum atomic E-state index is -0.418. The highest BCUT2D eigenvalue weighted by atomic mass is 35.5. The molecular formula is C21H25ClN4O3. The standard InChI is InChI=1S/C21H25ClN4O3/c1-16-3-5-17(6-4-16)14-23(2)15-21(27)25-11-9-24(10-12-25)19-8-7-18(22)13-20(19)26(28)29/h3-8,13H,9-12,14-15H2,1-2H3. The van der Waals surface area contributed by atoms with E-state index in [9.17, 15) is 14.9 Å². The van der Waals surface area contributed by atoms with Gasteiger partial charge in [-0.25, -0.2) is 0 Å². The van der Waals surface area contributed by atoms with Crippen LogP contribution in [0.15, 0.2) is 42.5 Å². The Balaban J connectivity index is 1.54. The molecule has 1 saturated heterocycles. The van der Waals surface area contributed by atoms with E-state index in [4.69, 9.17) is 11.6 Å². The van der Waals surface area contributed by atoms with Gasteiger partial charge in [0.1, 0.15) is 5.69 Å². The quantitative estimate of drug-likeness (QED) is 0.533. The number of nitro groups is 1. The molecule has 1 fully saturated rings. The lowest BCUT2D eigenvalue weighted by Gasteiger charge is -2.36. The summed E-state index contributed by atoms with van der Waals surface area (Å²) < 4.78 is 0. The zero-order chi connectivity index (χ0) is 21.0. The Bertz CT molecular complexity index is 880. The Morgan fingerprint density at radius 1 is 1.14 bits per heavy atom. The Morgan fingerprint density at radius 3 is 2.41 bits per heavy atom. The van der Waals surface area contributed by atoms with E-state index < -0.39 is 4.92 Å². The number of aryl methyl sites for hydroxylation is 1. The van der Waals surface area contributed by atoms with Gasteiger partial charge in [-0.05, 0) is 31.7 Å². The summed E-state index contributed by atoms with van der Waals surface area (Å²) in [4.78, 5) is 29.3. The molecule has 0 bridgehead atoms. The van der Waals surface area contributed by atoms with E-state index in [0.717, 1.165) is 0 Å². The van der Waals surface area contributed by atoms with Crippen molar-refractivity contribution in [2.75, 3.05) is 44.7 Å². The second kappa shape index (κ2) is 9.24. The molecule has 0 atom stereocenters. The molecule has 2 aromatic rings. The summed E-state index contributed by atoms with van der Waals surface area (Å²) in [5.41, 5.74) is 2.93. The van der Waals surface area contributed by atoms with Gasteiger partial charge in [0.05, 0.1) is 11.5 Å². The molecule has 1 aliphatic heterocycles. The zero-order valence-corrected chi connectivity index (χ0v) is 17.4. The number of piperazine rings is 1. The number of hydrogen-bond acceptors (Lipinski definition) is 5. The maximum atomic E-state index is 12.7. The first-order valence-corrected chi connectivity index (χ1v) is 9.92. The predicted molar refractivity (Wildman–Crippen MR) is 114 cm³/mol. The molecule has 154 valence electrons. The van der Waals surface area contributed by atoms with Gasteiger partial charge in [0.2, 0.25) is 5.91 Å². The van der Waals surface area contributed by atoms with E-state index >= 15 is 0 Å². The average molecular weight is 417 g/mol. The highest BCUT2D eigenvalue weighted by Gasteiger charge is 2.26. The number of anilines is 1. The van der Waals surface area contributed by atoms with E-state index in [1.54, 1.807) is 12.1 Å². The Morgan fingerprint density at radius 2 is 1.79 bits per heavy atom. The summed E-state index contributed by atoms with van der Waals surface area (Å²) >= 11 is 5.90. The van der Waals surface area contributed by atoms with E-state index in [0.29, 0.717) is 50.0 Å². The normalized spacial score (nSPS) is 14.3. The molecule has 0 radical (unpaired) electrons. The third kappa shape index (κ3) is 5.46. The largest absolute Gasteiger partial charge is 0.362 e. The van der Waals surface area contributed by atoms with Crippen molar-refractivity contribution in [3.05, 3.63) is 68.7 Å². The maximum Gasteiger partial charge on any atom is 0.294 e. The van der Waals surface area contributed by atoms with Crippen LogP contribution in [0, 0.1) is 17.0 Å². The highest BCUT2D eigenvalue weighted by molar-refractivity contribution is 6.30. The lowest BCUT2D eigenvalue weighted by atomic mass is 10.1. The van der Waals surface area contributed by atoms with Crippen molar-refractivity contribution in [2.24, 2.45) is 0 Å². The molecular weight excluding hydrogens is 392 g/mol. The summed E-state index contributed by atoms with van der Waals surface area (Å²) in [6.45, 7) is 5.28. The van der Waals surface area contributed by atoms with Crippen LogP contribution in [0.3, 0.4) is 0 Å². The van der Waals surface area contributed by atoms with Gasteiger partial charge in [0.15, 0.2) is 0 Å². The van der Waals surface area contributed by atoms with Crippen LogP contribution in [0.1, 0.15) is 11.1 Å². The summed E-state index contributed by atoms with van der Waals surface area (Å²) in [5.74, 6) is 0.0740. The van der Waals surface area contributed by atoms with Crippen molar-refractivity contribution in [1.82, 2.24) is 9.80 Å². The third-order valence-electron chi connectivity index (χ3n) is 5.09. The zero-order valence-electron chi connectivity index (χ0n) is 16.7. The lowest BCUT2D eigenvalue weighted by molar-refractivity contribution is -0.384. The third-order valence-corrected chi connectivity index (χ3v) is 5.32. The molecule has 0 unspecified atom stereocenters. The number of nitrogens with zero attached hydrogens (tertiary/aromatic N) is 4. The monoisotopic (exact) mass is 416 g/mol. The number of halogens is 1. The number of rotatable bonds is 6. The molecule has 3 rings (SSSR count). The fourth-order valence-corrected chi connectivity index (χ4v) is 3.67. The first kappa shape index (κ1) is 21.1. The smallest absolute Gasteiger partial charge is 0.294 e. The number of carbonyl (C=O) groups is 1. The van der Waals surface area contributed by atoms with Crippen LogP contribution in [0.25, 0.3) is 0 Å². The second-order valence-electron chi connectivity index (χ2n) is 7.42. The topological polar surface area (TPSA) is 69.9 Å². The van der Waals surface area contributed by atoms with Crippen LogP contribution in [0.5, 0.6) is 0 Å². The van der Waals surface area contributed by atoms with Gasteiger partial charge in [-0.3, -0.25) is 19.8 Å². The van der Waals surface area contributed by atoms with Gasteiger partial charge in [0, 0.05) is 43.8 Å². The summed E-state index contributed by atoms with van der Waals surface area (Å²) in [7, 11) is 1.94. The summed E-state index contributed by atoms with van der Waals surface area (Å²) in [6.07, 6.45) is 0. The average Bonchev–Trinajstić information content (AvgIpc) is 2.69. The molecule has 0 aromatic heterocycles. The SMILES string of the molecule is Cc1ccc(CN(C)CC(=O)N2CCN(c3ccc(Cl)cc3[N+](=O)[O-])CC2)cc1. The van der Waals surface area contributed by atoms with E-state index in [2.05, 4.69) is 31.2 Å². The molecule has 29 heavy (non-hydrogen) atoms. The van der Waals surface area contributed by atoms with Crippen LogP contribution in [0.2, 0.25) is 5.02 Å². The summed E-state index contributed by atoms with van der Waals surface area (Å²) in [6, 6.07) is 13.0. The molecule has 8 heteroatoms. The van der Waals surface area contributed by atoms with Crippen LogP contribution in [-0.2, 0) is 11.3 Å². The predicted octanol–water partition coefficient (Wildman–Crippen LogP) is 3.34. The molecule has 0 N–H and O–H groups in total. The fourth-order valence-electron chi connectivity index (χ4n) is 3.50. The highest BCUT2D eigenvalue weighted by Crippen LogP contribution is 2.31. The van der Waals surface area contributed by atoms with Crippen molar-refractivity contribution < 1.29 is 9.72 Å². The number of amides is 1. The van der Waals surface area contributed by atoms with Gasteiger partial charge in [-0.2, -0.15) is 0 Å². The molecule has 0 saturated carbocycles. The Labute approximate surface area is 175 Å². The van der Waals surface area contributed by atoms with Crippen LogP contribution in [-0.4, -0.2) is 60.4 Å². The van der Waals surface area contributed by atoms with Gasteiger partial charge < -0.3 is 9.80 Å². The van der Waals surface area contributed by atoms with Crippen molar-refractivity contribution in [3.63, 3.8) is 0 Å². The van der Waals surface area contributed by atoms with E-state index in [1.807, 2.05) is 21.7 Å². The Hall–Kier alpha value is -2.64. The van der Waals surface area contributed by atoms with E-state index in [1.165, 1.54) is 17.2 Å². The minimum Gasteiger partial charge on any atom is -0.362 e. The number of likely N-dealkylation sites (N-methyl/N-ethyl adjacent to an activating group) is 1. The van der Waals surface area contributed by atoms with Gasteiger partial charge in [0.25, 0.3) is 5.69 Å². The van der Waals surface area contributed by atoms with Crippen molar-refractivity contribution in [2.45, 2.75) is 13.5 Å². The molecule has 0 aliphatic carbocycles. The second-order valence-corrected chi connectivity index (χ2v) is 7.85. The minimum absolute atomic E-state index is 0.00453. The molecule has 1 heterocycles. The van der Waals surface area contributed by atoms with Gasteiger partial charge in [-0.1, -0.05) is 41.4 Å². The van der Waals surface area contributed by atoms with Crippen LogP contribution < -0.4 is 4.90 Å². The maximum absolute atomic E-state index is 12.7. The molecule has 1 aliphatic rings. The first-order valence-electron chi connectivity index (χ1n) is 9.54. The van der Waals surface area contributed by atoms with Gasteiger partial charge in [-0.15, -0.1) is 0 Å². The number of hydrogen-bond donors (Lipinski definition) is 0. The molecule has 1 amide bonds. The van der Waals surface area contributed by atoms with E-state index in [-0.39, 0.29) is 11.6 Å². The van der Waals surface area contributed by atoms with Crippen molar-refractivity contribution >= 4 is 28.9 Å². The van der Waals surface area contributed by atoms with Crippen LogP contribution in [0.4, 0.5) is 11.4 Å². The molecule has 2 aromatic carbocycles. The van der Waals surface area contributed by atoms with Gasteiger partial charge >= 0.3 is 0 Å². The number of benzene rings is 2. The number of carbonyl (C=O) groups excluding carboxylic acids is 1.